The van der Waals surface area contributed by atoms with E-state index in [4.69, 9.17) is 9.84 Å². The van der Waals surface area contributed by atoms with Gasteiger partial charge in [0.1, 0.15) is 0 Å². The smallest absolute Gasteiger partial charge is 0.303 e. The number of rotatable bonds is 6. The van der Waals surface area contributed by atoms with Gasteiger partial charge in [-0.15, -0.1) is 0 Å². The highest BCUT2D eigenvalue weighted by molar-refractivity contribution is 5.95. The van der Waals surface area contributed by atoms with Gasteiger partial charge in [0.05, 0.1) is 6.61 Å². The first kappa shape index (κ1) is 16.5. The van der Waals surface area contributed by atoms with Crippen molar-refractivity contribution >= 4 is 11.9 Å². The summed E-state index contributed by atoms with van der Waals surface area (Å²) < 4.78 is 5.16. The van der Waals surface area contributed by atoms with Crippen molar-refractivity contribution < 1.29 is 19.4 Å². The molecular formula is C17H23NO4. The third-order valence-corrected chi connectivity index (χ3v) is 4.12. The van der Waals surface area contributed by atoms with E-state index in [0.29, 0.717) is 25.1 Å². The number of likely N-dealkylation sites (tertiary alicyclic amines) is 1. The van der Waals surface area contributed by atoms with Gasteiger partial charge < -0.3 is 14.7 Å². The molecule has 5 nitrogen and oxygen atoms in total. The number of methoxy groups -OCH3 is 1. The van der Waals surface area contributed by atoms with Crippen LogP contribution in [-0.2, 0) is 16.1 Å². The molecule has 2 rings (SSSR count). The molecule has 1 amide bonds. The van der Waals surface area contributed by atoms with Gasteiger partial charge in [-0.3, -0.25) is 9.59 Å². The summed E-state index contributed by atoms with van der Waals surface area (Å²) in [5.41, 5.74) is 1.57. The van der Waals surface area contributed by atoms with Crippen LogP contribution in [0.3, 0.4) is 0 Å². The lowest BCUT2D eigenvalue weighted by molar-refractivity contribution is -0.137. The van der Waals surface area contributed by atoms with Gasteiger partial charge in [0.25, 0.3) is 5.91 Å². The normalized spacial score (nSPS) is 18.2. The van der Waals surface area contributed by atoms with E-state index in [1.165, 1.54) is 0 Å². The second-order valence-electron chi connectivity index (χ2n) is 5.78. The van der Waals surface area contributed by atoms with Crippen LogP contribution in [0.4, 0.5) is 0 Å². The Balaban J connectivity index is 2.04. The molecule has 0 saturated carbocycles. The number of carboxylic acids is 1. The molecule has 1 aliphatic rings. The molecule has 1 heterocycles. The number of carboxylic acid groups (broad SMARTS) is 1. The summed E-state index contributed by atoms with van der Waals surface area (Å²) in [6.45, 7) is 1.80. The summed E-state index contributed by atoms with van der Waals surface area (Å²) >= 11 is 0. The van der Waals surface area contributed by atoms with Gasteiger partial charge in [0.2, 0.25) is 0 Å². The van der Waals surface area contributed by atoms with Gasteiger partial charge in [-0.05, 0) is 36.8 Å². The zero-order valence-electron chi connectivity index (χ0n) is 13.0. The number of ether oxygens (including phenoxy) is 1. The van der Waals surface area contributed by atoms with Crippen molar-refractivity contribution in [3.05, 3.63) is 35.4 Å². The van der Waals surface area contributed by atoms with Crippen LogP contribution >= 0.6 is 0 Å². The Morgan fingerprint density at radius 3 is 2.86 bits per heavy atom. The van der Waals surface area contributed by atoms with Crippen molar-refractivity contribution in [2.24, 2.45) is 5.92 Å². The van der Waals surface area contributed by atoms with Gasteiger partial charge in [-0.2, -0.15) is 0 Å². The lowest BCUT2D eigenvalue weighted by atomic mass is 9.92. The first-order chi connectivity index (χ1) is 10.6. The molecule has 0 aromatic heterocycles. The molecule has 0 radical (unpaired) electrons. The highest BCUT2D eigenvalue weighted by atomic mass is 16.5. The fourth-order valence-corrected chi connectivity index (χ4v) is 2.99. The van der Waals surface area contributed by atoms with E-state index in [1.54, 1.807) is 7.11 Å². The first-order valence-electron chi connectivity index (χ1n) is 7.69. The number of hydrogen-bond donors (Lipinski definition) is 1. The molecule has 0 bridgehead atoms. The van der Waals surface area contributed by atoms with Crippen molar-refractivity contribution in [1.82, 2.24) is 4.90 Å². The molecule has 1 aromatic carbocycles. The zero-order valence-corrected chi connectivity index (χ0v) is 13.0. The fraction of sp³-hybridized carbons (Fsp3) is 0.529. The summed E-state index contributed by atoms with van der Waals surface area (Å²) in [6, 6.07) is 7.50. The molecular weight excluding hydrogens is 282 g/mol. The molecule has 1 aromatic rings. The molecule has 1 fully saturated rings. The Hall–Kier alpha value is -1.88. The van der Waals surface area contributed by atoms with Crippen LogP contribution in [0.1, 0.15) is 41.6 Å². The molecule has 22 heavy (non-hydrogen) atoms. The van der Waals surface area contributed by atoms with E-state index in [9.17, 15) is 9.59 Å². The average molecular weight is 305 g/mol. The minimum atomic E-state index is -0.770. The summed E-state index contributed by atoms with van der Waals surface area (Å²) in [5.74, 6) is -0.468. The van der Waals surface area contributed by atoms with Gasteiger partial charge >= 0.3 is 5.97 Å². The fourth-order valence-electron chi connectivity index (χ4n) is 2.99. The number of nitrogens with zero attached hydrogens (tertiary/aromatic N) is 1. The molecule has 1 saturated heterocycles. The quantitative estimate of drug-likeness (QED) is 0.877. The Kier molecular flexibility index (Phi) is 5.95. The third kappa shape index (κ3) is 4.31. The maximum absolute atomic E-state index is 12.7. The van der Waals surface area contributed by atoms with E-state index >= 15 is 0 Å². The lowest BCUT2D eigenvalue weighted by Crippen LogP contribution is -2.40. The molecule has 5 heteroatoms. The number of carbonyl (C=O) groups is 2. The molecule has 0 aliphatic carbocycles. The van der Waals surface area contributed by atoms with Crippen molar-refractivity contribution in [2.45, 2.75) is 32.3 Å². The van der Waals surface area contributed by atoms with Crippen molar-refractivity contribution in [2.75, 3.05) is 20.2 Å². The summed E-state index contributed by atoms with van der Waals surface area (Å²) in [7, 11) is 1.62. The Morgan fingerprint density at radius 2 is 2.14 bits per heavy atom. The molecule has 1 atom stereocenters. The predicted octanol–water partition coefficient (Wildman–Crippen LogP) is 2.55. The Morgan fingerprint density at radius 1 is 1.36 bits per heavy atom. The Bertz CT molecular complexity index is 529. The van der Waals surface area contributed by atoms with E-state index in [0.717, 1.165) is 24.9 Å². The van der Waals surface area contributed by atoms with Crippen molar-refractivity contribution in [1.29, 1.82) is 0 Å². The average Bonchev–Trinajstić information content (AvgIpc) is 2.53. The van der Waals surface area contributed by atoms with Crippen LogP contribution in [-0.4, -0.2) is 42.1 Å². The van der Waals surface area contributed by atoms with E-state index in [2.05, 4.69) is 0 Å². The van der Waals surface area contributed by atoms with Crippen LogP contribution in [0.5, 0.6) is 0 Å². The second kappa shape index (κ2) is 7.94. The zero-order chi connectivity index (χ0) is 15.9. The summed E-state index contributed by atoms with van der Waals surface area (Å²) in [6.07, 6.45) is 2.74. The molecule has 1 aliphatic heterocycles. The minimum absolute atomic E-state index is 0.0210. The van der Waals surface area contributed by atoms with E-state index in [1.807, 2.05) is 29.2 Å². The van der Waals surface area contributed by atoms with Crippen LogP contribution < -0.4 is 0 Å². The van der Waals surface area contributed by atoms with Crippen molar-refractivity contribution in [3.63, 3.8) is 0 Å². The largest absolute Gasteiger partial charge is 0.481 e. The topological polar surface area (TPSA) is 66.8 Å². The summed E-state index contributed by atoms with van der Waals surface area (Å²) in [4.78, 5) is 25.3. The van der Waals surface area contributed by atoms with Gasteiger partial charge in [0, 0.05) is 32.2 Å². The molecule has 120 valence electrons. The third-order valence-electron chi connectivity index (χ3n) is 4.12. The minimum Gasteiger partial charge on any atom is -0.481 e. The maximum Gasteiger partial charge on any atom is 0.303 e. The number of piperidine rings is 1. The number of aliphatic carboxylic acids is 1. The number of hydrogen-bond acceptors (Lipinski definition) is 3. The van der Waals surface area contributed by atoms with E-state index in [-0.39, 0.29) is 18.2 Å². The lowest BCUT2D eigenvalue weighted by Gasteiger charge is -2.33. The Labute approximate surface area is 130 Å². The first-order valence-corrected chi connectivity index (χ1v) is 7.69. The highest BCUT2D eigenvalue weighted by Gasteiger charge is 2.25. The second-order valence-corrected chi connectivity index (χ2v) is 5.78. The van der Waals surface area contributed by atoms with Gasteiger partial charge in [0.15, 0.2) is 0 Å². The van der Waals surface area contributed by atoms with Crippen LogP contribution in [0, 0.1) is 5.92 Å². The van der Waals surface area contributed by atoms with Crippen molar-refractivity contribution in [3.8, 4) is 0 Å². The van der Waals surface area contributed by atoms with E-state index < -0.39 is 5.97 Å². The summed E-state index contributed by atoms with van der Waals surface area (Å²) in [5, 5.41) is 8.80. The molecule has 1 N–H and O–H groups in total. The number of benzene rings is 1. The van der Waals surface area contributed by atoms with Gasteiger partial charge in [-0.1, -0.05) is 18.2 Å². The highest BCUT2D eigenvalue weighted by Crippen LogP contribution is 2.23. The SMILES string of the molecule is COCc1ccccc1C(=O)N1CCCC(CCC(=O)O)C1. The molecule has 0 spiro atoms. The standard InChI is InChI=1S/C17H23NO4/c1-22-12-14-6-2-3-7-15(14)17(21)18-10-4-5-13(11-18)8-9-16(19)20/h2-3,6-7,13H,4-5,8-12H2,1H3,(H,19,20). The van der Waals surface area contributed by atoms with Crippen LogP contribution in [0.25, 0.3) is 0 Å². The van der Waals surface area contributed by atoms with Gasteiger partial charge in [-0.25, -0.2) is 0 Å². The van der Waals surface area contributed by atoms with Crippen LogP contribution in [0.2, 0.25) is 0 Å². The molecule has 1 unspecified atom stereocenters. The predicted molar refractivity (Wildman–Crippen MR) is 82.7 cm³/mol. The number of amides is 1. The number of carbonyl (C=O) groups excluding carboxylic acids is 1. The van der Waals surface area contributed by atoms with Crippen LogP contribution in [0.15, 0.2) is 24.3 Å². The maximum atomic E-state index is 12.7. The monoisotopic (exact) mass is 305 g/mol.